The van der Waals surface area contributed by atoms with Gasteiger partial charge < -0.3 is 15.2 Å². The molecule has 0 saturated carbocycles. The van der Waals surface area contributed by atoms with Crippen molar-refractivity contribution in [2.75, 3.05) is 11.9 Å². The Morgan fingerprint density at radius 3 is 2.50 bits per heavy atom. The lowest BCUT2D eigenvalue weighted by Crippen LogP contribution is -2.33. The first kappa shape index (κ1) is 17.3. The van der Waals surface area contributed by atoms with Crippen LogP contribution in [0.4, 0.5) is 14.5 Å². The standard InChI is InChI=1S/C18H13F2N3O3/c19-13-7-6-12(8-14(13)20)22-17(24)10-21-18(25)15-9-16(26-23-15)11-4-2-1-3-5-11/h1-9H,10H2,(H,21,25)(H,22,24). The zero-order valence-corrected chi connectivity index (χ0v) is 13.3. The molecule has 6 nitrogen and oxygen atoms in total. The van der Waals surface area contributed by atoms with E-state index in [2.05, 4.69) is 15.8 Å². The van der Waals surface area contributed by atoms with Crippen molar-refractivity contribution in [3.8, 4) is 11.3 Å². The van der Waals surface area contributed by atoms with Crippen LogP contribution in [0.3, 0.4) is 0 Å². The average Bonchev–Trinajstić information content (AvgIpc) is 3.14. The van der Waals surface area contributed by atoms with E-state index in [0.717, 1.165) is 17.7 Å². The molecule has 2 aromatic carbocycles. The third-order valence-corrected chi connectivity index (χ3v) is 3.41. The lowest BCUT2D eigenvalue weighted by atomic mass is 10.1. The van der Waals surface area contributed by atoms with Gasteiger partial charge in [-0.05, 0) is 12.1 Å². The van der Waals surface area contributed by atoms with Crippen molar-refractivity contribution < 1.29 is 22.9 Å². The summed E-state index contributed by atoms with van der Waals surface area (Å²) in [5.41, 5.74) is 0.857. The van der Waals surface area contributed by atoms with Crippen LogP contribution in [0, 0.1) is 11.6 Å². The summed E-state index contributed by atoms with van der Waals surface area (Å²) in [6.07, 6.45) is 0. The summed E-state index contributed by atoms with van der Waals surface area (Å²) < 4.78 is 31.0. The molecule has 0 bridgehead atoms. The lowest BCUT2D eigenvalue weighted by molar-refractivity contribution is -0.115. The minimum Gasteiger partial charge on any atom is -0.355 e. The maximum absolute atomic E-state index is 13.1. The monoisotopic (exact) mass is 357 g/mol. The number of hydrogen-bond acceptors (Lipinski definition) is 4. The SMILES string of the molecule is O=C(CNC(=O)c1cc(-c2ccccc2)on1)Nc1ccc(F)c(F)c1. The fourth-order valence-electron chi connectivity index (χ4n) is 2.15. The van der Waals surface area contributed by atoms with E-state index in [1.54, 1.807) is 12.1 Å². The highest BCUT2D eigenvalue weighted by Gasteiger charge is 2.15. The van der Waals surface area contributed by atoms with Crippen LogP contribution in [0.2, 0.25) is 0 Å². The normalized spacial score (nSPS) is 10.4. The Morgan fingerprint density at radius 1 is 1.00 bits per heavy atom. The van der Waals surface area contributed by atoms with Gasteiger partial charge in [0.1, 0.15) is 0 Å². The third kappa shape index (κ3) is 4.10. The van der Waals surface area contributed by atoms with Crippen molar-refractivity contribution in [2.24, 2.45) is 0 Å². The molecule has 0 aliphatic carbocycles. The fraction of sp³-hybridized carbons (Fsp3) is 0.0556. The molecule has 132 valence electrons. The smallest absolute Gasteiger partial charge is 0.273 e. The number of nitrogens with zero attached hydrogens (tertiary/aromatic N) is 1. The highest BCUT2D eigenvalue weighted by molar-refractivity contribution is 5.98. The summed E-state index contributed by atoms with van der Waals surface area (Å²) in [4.78, 5) is 23.8. The fourth-order valence-corrected chi connectivity index (χ4v) is 2.15. The maximum Gasteiger partial charge on any atom is 0.273 e. The number of carbonyl (C=O) groups excluding carboxylic acids is 2. The molecule has 1 aromatic heterocycles. The first-order valence-electron chi connectivity index (χ1n) is 7.58. The van der Waals surface area contributed by atoms with Gasteiger partial charge in [-0.1, -0.05) is 35.5 Å². The van der Waals surface area contributed by atoms with Crippen LogP contribution >= 0.6 is 0 Å². The molecule has 2 N–H and O–H groups in total. The molecular formula is C18H13F2N3O3. The minimum absolute atomic E-state index is 0.0180. The quantitative estimate of drug-likeness (QED) is 0.735. The summed E-state index contributed by atoms with van der Waals surface area (Å²) in [7, 11) is 0. The second-order valence-corrected chi connectivity index (χ2v) is 5.30. The first-order chi connectivity index (χ1) is 12.5. The number of benzene rings is 2. The Balaban J connectivity index is 1.56. The summed E-state index contributed by atoms with van der Waals surface area (Å²) in [5, 5.41) is 8.38. The topological polar surface area (TPSA) is 84.2 Å². The zero-order chi connectivity index (χ0) is 18.5. The zero-order valence-electron chi connectivity index (χ0n) is 13.3. The van der Waals surface area contributed by atoms with Gasteiger partial charge in [0.2, 0.25) is 5.91 Å². The Morgan fingerprint density at radius 2 is 1.77 bits per heavy atom. The Kier molecular flexibility index (Phi) is 5.02. The molecule has 3 aromatic rings. The van der Waals surface area contributed by atoms with Crippen LogP contribution in [-0.2, 0) is 4.79 Å². The van der Waals surface area contributed by atoms with Gasteiger partial charge in [0.15, 0.2) is 23.1 Å². The second kappa shape index (κ2) is 7.56. The molecule has 0 radical (unpaired) electrons. The first-order valence-corrected chi connectivity index (χ1v) is 7.58. The number of amides is 2. The number of anilines is 1. The van der Waals surface area contributed by atoms with Gasteiger partial charge >= 0.3 is 0 Å². The van der Waals surface area contributed by atoms with Crippen LogP contribution in [-0.4, -0.2) is 23.5 Å². The number of nitrogens with one attached hydrogen (secondary N) is 2. The maximum atomic E-state index is 13.1. The predicted molar refractivity (Wildman–Crippen MR) is 89.3 cm³/mol. The van der Waals surface area contributed by atoms with E-state index >= 15 is 0 Å². The molecule has 3 rings (SSSR count). The van der Waals surface area contributed by atoms with Crippen LogP contribution in [0.5, 0.6) is 0 Å². The summed E-state index contributed by atoms with van der Waals surface area (Å²) >= 11 is 0. The van der Waals surface area contributed by atoms with Crippen molar-refractivity contribution in [1.82, 2.24) is 10.5 Å². The molecule has 2 amide bonds. The summed E-state index contributed by atoms with van der Waals surface area (Å²) in [6.45, 7) is -0.370. The van der Waals surface area contributed by atoms with E-state index in [0.29, 0.717) is 5.76 Å². The average molecular weight is 357 g/mol. The van der Waals surface area contributed by atoms with Crippen molar-refractivity contribution in [2.45, 2.75) is 0 Å². The molecule has 0 aliphatic rings. The van der Waals surface area contributed by atoms with Gasteiger partial charge in [-0.3, -0.25) is 9.59 Å². The minimum atomic E-state index is -1.08. The van der Waals surface area contributed by atoms with E-state index in [-0.39, 0.29) is 17.9 Å². The van der Waals surface area contributed by atoms with Crippen LogP contribution in [0.15, 0.2) is 59.1 Å². The number of carbonyl (C=O) groups is 2. The van der Waals surface area contributed by atoms with E-state index in [1.807, 2.05) is 18.2 Å². The highest BCUT2D eigenvalue weighted by atomic mass is 19.2. The Labute approximate surface area is 146 Å². The van der Waals surface area contributed by atoms with E-state index in [1.165, 1.54) is 12.1 Å². The van der Waals surface area contributed by atoms with Gasteiger partial charge in [-0.2, -0.15) is 0 Å². The van der Waals surface area contributed by atoms with Gasteiger partial charge in [0, 0.05) is 23.4 Å². The van der Waals surface area contributed by atoms with Crippen LogP contribution < -0.4 is 10.6 Å². The van der Waals surface area contributed by atoms with E-state index in [4.69, 9.17) is 4.52 Å². The van der Waals surface area contributed by atoms with Crippen LogP contribution in [0.25, 0.3) is 11.3 Å². The molecule has 26 heavy (non-hydrogen) atoms. The largest absolute Gasteiger partial charge is 0.355 e. The van der Waals surface area contributed by atoms with Gasteiger partial charge in [-0.25, -0.2) is 8.78 Å². The molecule has 0 atom stereocenters. The molecule has 0 aliphatic heterocycles. The van der Waals surface area contributed by atoms with Gasteiger partial charge in [-0.15, -0.1) is 0 Å². The van der Waals surface area contributed by atoms with Gasteiger partial charge in [0.05, 0.1) is 6.54 Å². The number of rotatable bonds is 5. The van der Waals surface area contributed by atoms with E-state index in [9.17, 15) is 18.4 Å². The lowest BCUT2D eigenvalue weighted by Gasteiger charge is -2.06. The molecule has 0 fully saturated rings. The van der Waals surface area contributed by atoms with Crippen molar-refractivity contribution in [1.29, 1.82) is 0 Å². The molecule has 1 heterocycles. The predicted octanol–water partition coefficient (Wildman–Crippen LogP) is 2.99. The molecule has 0 saturated heterocycles. The number of halogens is 2. The summed E-state index contributed by atoms with van der Waals surface area (Å²) in [5.74, 6) is -2.88. The van der Waals surface area contributed by atoms with E-state index < -0.39 is 23.4 Å². The highest BCUT2D eigenvalue weighted by Crippen LogP contribution is 2.19. The van der Waals surface area contributed by atoms with Crippen molar-refractivity contribution in [3.05, 3.63) is 71.9 Å². The van der Waals surface area contributed by atoms with Crippen molar-refractivity contribution >= 4 is 17.5 Å². The molecule has 8 heteroatoms. The number of hydrogen-bond donors (Lipinski definition) is 2. The molecule has 0 spiro atoms. The van der Waals surface area contributed by atoms with Gasteiger partial charge in [0.25, 0.3) is 5.91 Å². The van der Waals surface area contributed by atoms with Crippen molar-refractivity contribution in [3.63, 3.8) is 0 Å². The third-order valence-electron chi connectivity index (χ3n) is 3.41. The summed E-state index contributed by atoms with van der Waals surface area (Å²) in [6, 6.07) is 13.5. The molecule has 0 unspecified atom stereocenters. The molecular weight excluding hydrogens is 344 g/mol. The Bertz CT molecular complexity index is 942. The second-order valence-electron chi connectivity index (χ2n) is 5.30. The Hall–Kier alpha value is -3.55. The van der Waals surface area contributed by atoms with Crippen LogP contribution in [0.1, 0.15) is 10.5 Å². The number of aromatic nitrogens is 1.